The number of alkyl halides is 3. The Balaban J connectivity index is 0.00000169. The van der Waals surface area contributed by atoms with E-state index in [1.807, 2.05) is 12.3 Å². The van der Waals surface area contributed by atoms with Crippen LogP contribution in [0.1, 0.15) is 16.7 Å². The Labute approximate surface area is 163 Å². The normalized spacial score (nSPS) is 17.9. The molecule has 8 heteroatoms. The van der Waals surface area contributed by atoms with Gasteiger partial charge < -0.3 is 5.32 Å². The molecule has 1 aromatic heterocycles. The number of pyridine rings is 1. The van der Waals surface area contributed by atoms with Crippen LogP contribution in [0.3, 0.4) is 0 Å². The highest BCUT2D eigenvalue weighted by molar-refractivity contribution is 5.85. The molecule has 3 nitrogen and oxygen atoms in total. The second-order valence-corrected chi connectivity index (χ2v) is 6.15. The molecule has 2 heterocycles. The summed E-state index contributed by atoms with van der Waals surface area (Å²) in [5.41, 5.74) is 1.50. The van der Waals surface area contributed by atoms with Gasteiger partial charge in [0.1, 0.15) is 0 Å². The van der Waals surface area contributed by atoms with Crippen LogP contribution in [0.4, 0.5) is 13.2 Å². The van der Waals surface area contributed by atoms with Crippen molar-refractivity contribution in [2.24, 2.45) is 0 Å². The molecule has 0 bridgehead atoms. The summed E-state index contributed by atoms with van der Waals surface area (Å²) in [7, 11) is 0. The van der Waals surface area contributed by atoms with Crippen molar-refractivity contribution in [3.63, 3.8) is 0 Å². The first-order valence-corrected chi connectivity index (χ1v) is 8.01. The lowest BCUT2D eigenvalue weighted by molar-refractivity contribution is -0.137. The number of rotatable bonds is 4. The van der Waals surface area contributed by atoms with E-state index in [0.29, 0.717) is 0 Å². The average molecular weight is 408 g/mol. The summed E-state index contributed by atoms with van der Waals surface area (Å²) in [6.07, 6.45) is 0.0748. The van der Waals surface area contributed by atoms with E-state index in [1.54, 1.807) is 18.3 Å². The Bertz CT molecular complexity index is 651. The van der Waals surface area contributed by atoms with E-state index < -0.39 is 11.7 Å². The summed E-state index contributed by atoms with van der Waals surface area (Å²) < 4.78 is 37.8. The lowest BCUT2D eigenvalue weighted by Crippen LogP contribution is -2.51. The Morgan fingerprint density at radius 1 is 1.08 bits per heavy atom. The number of hydrogen-bond acceptors (Lipinski definition) is 3. The van der Waals surface area contributed by atoms with E-state index in [4.69, 9.17) is 0 Å². The molecule has 1 fully saturated rings. The van der Waals surface area contributed by atoms with Gasteiger partial charge in [-0.3, -0.25) is 9.88 Å². The van der Waals surface area contributed by atoms with Gasteiger partial charge in [-0.2, -0.15) is 13.2 Å². The third-order valence-corrected chi connectivity index (χ3v) is 4.23. The first-order valence-electron chi connectivity index (χ1n) is 8.01. The molecular formula is C18H22Cl2F3N3. The van der Waals surface area contributed by atoms with Crippen LogP contribution in [0.15, 0.2) is 48.8 Å². The van der Waals surface area contributed by atoms with Crippen molar-refractivity contribution in [2.75, 3.05) is 19.6 Å². The van der Waals surface area contributed by atoms with Crippen LogP contribution in [-0.4, -0.2) is 35.6 Å². The van der Waals surface area contributed by atoms with Gasteiger partial charge in [-0.15, -0.1) is 24.8 Å². The Hall–Kier alpha value is -1.34. The molecule has 1 aliphatic rings. The second kappa shape index (κ2) is 10.1. The highest BCUT2D eigenvalue weighted by Gasteiger charge is 2.30. The standard InChI is InChI=1S/C18H20F3N3.2ClH/c19-18(20,21)16-5-3-14(4-6-16)10-17-13-24(9-8-23-17)12-15-2-1-7-22-11-15;;/h1-7,11,17,23H,8-10,12-13H2;2*1H. The number of piperazine rings is 1. The van der Waals surface area contributed by atoms with E-state index in [0.717, 1.165) is 50.3 Å². The summed E-state index contributed by atoms with van der Waals surface area (Å²) in [6, 6.07) is 9.69. The topological polar surface area (TPSA) is 28.2 Å². The molecule has 2 aromatic rings. The van der Waals surface area contributed by atoms with Crippen molar-refractivity contribution in [1.82, 2.24) is 15.2 Å². The maximum atomic E-state index is 12.6. The van der Waals surface area contributed by atoms with E-state index >= 15 is 0 Å². The first-order chi connectivity index (χ1) is 11.5. The summed E-state index contributed by atoms with van der Waals surface area (Å²) in [4.78, 5) is 6.48. The highest BCUT2D eigenvalue weighted by atomic mass is 35.5. The van der Waals surface area contributed by atoms with Crippen molar-refractivity contribution >= 4 is 24.8 Å². The third kappa shape index (κ3) is 6.43. The number of halogens is 5. The van der Waals surface area contributed by atoms with E-state index in [2.05, 4.69) is 21.3 Å². The van der Waals surface area contributed by atoms with Crippen LogP contribution in [0, 0.1) is 0 Å². The lowest BCUT2D eigenvalue weighted by Gasteiger charge is -2.33. The molecule has 0 aliphatic carbocycles. The molecule has 1 unspecified atom stereocenters. The van der Waals surface area contributed by atoms with Gasteiger partial charge in [-0.25, -0.2) is 0 Å². The van der Waals surface area contributed by atoms with Gasteiger partial charge in [-0.05, 0) is 35.7 Å². The van der Waals surface area contributed by atoms with E-state index in [9.17, 15) is 13.2 Å². The Morgan fingerprint density at radius 2 is 1.81 bits per heavy atom. The van der Waals surface area contributed by atoms with Crippen LogP contribution in [0.25, 0.3) is 0 Å². The molecule has 0 radical (unpaired) electrons. The van der Waals surface area contributed by atoms with Crippen LogP contribution in [0.2, 0.25) is 0 Å². The molecule has 1 aromatic carbocycles. The van der Waals surface area contributed by atoms with Crippen molar-refractivity contribution in [3.05, 3.63) is 65.5 Å². The SMILES string of the molecule is Cl.Cl.FC(F)(F)c1ccc(CC2CN(Cc3cccnc3)CCN2)cc1. The van der Waals surface area contributed by atoms with Crippen LogP contribution in [-0.2, 0) is 19.1 Å². The van der Waals surface area contributed by atoms with Crippen molar-refractivity contribution in [1.29, 1.82) is 0 Å². The minimum atomic E-state index is -4.28. The molecule has 1 aliphatic heterocycles. The first kappa shape index (κ1) is 22.7. The smallest absolute Gasteiger partial charge is 0.311 e. The van der Waals surface area contributed by atoms with Crippen LogP contribution >= 0.6 is 24.8 Å². The zero-order valence-electron chi connectivity index (χ0n) is 14.1. The Kier molecular flexibility index (Phi) is 8.83. The largest absolute Gasteiger partial charge is 0.416 e. The number of benzene rings is 1. The predicted molar refractivity (Wildman–Crippen MR) is 101 cm³/mol. The van der Waals surface area contributed by atoms with Gasteiger partial charge in [0.15, 0.2) is 0 Å². The molecule has 3 rings (SSSR count). The number of nitrogens with zero attached hydrogens (tertiary/aromatic N) is 2. The van der Waals surface area contributed by atoms with Gasteiger partial charge >= 0.3 is 6.18 Å². The number of nitrogens with one attached hydrogen (secondary N) is 1. The molecule has 0 saturated carbocycles. The van der Waals surface area contributed by atoms with Crippen molar-refractivity contribution in [2.45, 2.75) is 25.2 Å². The summed E-state index contributed by atoms with van der Waals surface area (Å²) in [6.45, 7) is 3.55. The summed E-state index contributed by atoms with van der Waals surface area (Å²) >= 11 is 0. The molecule has 26 heavy (non-hydrogen) atoms. The molecule has 0 spiro atoms. The fraction of sp³-hybridized carbons (Fsp3) is 0.389. The fourth-order valence-corrected chi connectivity index (χ4v) is 3.04. The van der Waals surface area contributed by atoms with E-state index in [1.165, 1.54) is 5.56 Å². The van der Waals surface area contributed by atoms with E-state index in [-0.39, 0.29) is 30.9 Å². The van der Waals surface area contributed by atoms with Gasteiger partial charge in [-0.1, -0.05) is 18.2 Å². The van der Waals surface area contributed by atoms with Crippen LogP contribution in [0.5, 0.6) is 0 Å². The van der Waals surface area contributed by atoms with Gasteiger partial charge in [0, 0.05) is 44.6 Å². The minimum Gasteiger partial charge on any atom is -0.311 e. The predicted octanol–water partition coefficient (Wildman–Crippen LogP) is 3.96. The molecule has 1 N–H and O–H groups in total. The highest BCUT2D eigenvalue weighted by Crippen LogP contribution is 2.29. The Morgan fingerprint density at radius 3 is 2.42 bits per heavy atom. The number of aromatic nitrogens is 1. The molecule has 0 amide bonds. The minimum absolute atomic E-state index is 0. The zero-order chi connectivity index (χ0) is 17.0. The monoisotopic (exact) mass is 407 g/mol. The van der Waals surface area contributed by atoms with Gasteiger partial charge in [0.25, 0.3) is 0 Å². The van der Waals surface area contributed by atoms with Crippen LogP contribution < -0.4 is 5.32 Å². The molecular weight excluding hydrogens is 386 g/mol. The lowest BCUT2D eigenvalue weighted by atomic mass is 10.0. The molecule has 1 saturated heterocycles. The molecule has 1 atom stereocenters. The summed E-state index contributed by atoms with van der Waals surface area (Å²) in [5, 5.41) is 3.45. The van der Waals surface area contributed by atoms with Crippen molar-refractivity contribution < 1.29 is 13.2 Å². The van der Waals surface area contributed by atoms with Crippen molar-refractivity contribution in [3.8, 4) is 0 Å². The second-order valence-electron chi connectivity index (χ2n) is 6.15. The maximum Gasteiger partial charge on any atom is 0.416 e. The maximum absolute atomic E-state index is 12.6. The van der Waals surface area contributed by atoms with Gasteiger partial charge in [0.2, 0.25) is 0 Å². The molecule has 144 valence electrons. The number of hydrogen-bond donors (Lipinski definition) is 1. The quantitative estimate of drug-likeness (QED) is 0.830. The fourth-order valence-electron chi connectivity index (χ4n) is 3.04. The summed E-state index contributed by atoms with van der Waals surface area (Å²) in [5.74, 6) is 0. The zero-order valence-corrected chi connectivity index (χ0v) is 15.7. The van der Waals surface area contributed by atoms with Gasteiger partial charge in [0.05, 0.1) is 5.56 Å². The average Bonchev–Trinajstić information content (AvgIpc) is 2.56. The third-order valence-electron chi connectivity index (χ3n) is 4.23.